The lowest BCUT2D eigenvalue weighted by Gasteiger charge is -2.27. The Bertz CT molecular complexity index is 944. The van der Waals surface area contributed by atoms with Gasteiger partial charge in [-0.05, 0) is 42.5 Å². The van der Waals surface area contributed by atoms with Crippen LogP contribution in [-0.2, 0) is 9.59 Å². The van der Waals surface area contributed by atoms with E-state index in [1.54, 1.807) is 18.3 Å². The van der Waals surface area contributed by atoms with Crippen LogP contribution in [0, 0.1) is 5.92 Å². The van der Waals surface area contributed by atoms with Crippen LogP contribution in [0.4, 0.5) is 19.0 Å². The highest BCUT2D eigenvalue weighted by molar-refractivity contribution is 5.97. The number of hydrogen-bond donors (Lipinski definition) is 2. The molecule has 1 aliphatic heterocycles. The summed E-state index contributed by atoms with van der Waals surface area (Å²) in [4.78, 5) is 31.6. The average Bonchev–Trinajstić information content (AvgIpc) is 3.38. The van der Waals surface area contributed by atoms with Gasteiger partial charge in [-0.3, -0.25) is 9.59 Å². The monoisotopic (exact) mass is 378 g/mol. The van der Waals surface area contributed by atoms with Crippen LogP contribution in [0.5, 0.6) is 0 Å². The summed E-state index contributed by atoms with van der Waals surface area (Å²) in [6, 6.07) is 3.57. The number of nitrogens with zero attached hydrogens (tertiary/aromatic N) is 2. The highest BCUT2D eigenvalue weighted by atomic mass is 19.4. The molecular weight excluding hydrogens is 361 g/mol. The minimum absolute atomic E-state index is 0.0117. The Morgan fingerprint density at radius 3 is 2.70 bits per heavy atom. The summed E-state index contributed by atoms with van der Waals surface area (Å²) in [5.41, 5.74) is 2.22. The van der Waals surface area contributed by atoms with Gasteiger partial charge in [0, 0.05) is 30.6 Å². The molecule has 1 saturated carbocycles. The van der Waals surface area contributed by atoms with E-state index in [2.05, 4.69) is 15.3 Å². The number of anilines is 1. The maximum absolute atomic E-state index is 12.6. The molecule has 0 saturated heterocycles. The van der Waals surface area contributed by atoms with E-state index >= 15 is 0 Å². The molecule has 2 amide bonds. The minimum Gasteiger partial charge on any atom is -0.346 e. The molecule has 4 rings (SSSR count). The fraction of sp³-hybridized carbons (Fsp3) is 0.389. The lowest BCUT2D eigenvalue weighted by atomic mass is 9.97. The molecule has 0 bridgehead atoms. The number of carbonyl (C=O) groups excluding carboxylic acids is 2. The second kappa shape index (κ2) is 6.40. The molecule has 9 heteroatoms. The molecule has 0 spiro atoms. The first kappa shape index (κ1) is 17.6. The summed E-state index contributed by atoms with van der Waals surface area (Å²) >= 11 is 0. The van der Waals surface area contributed by atoms with Gasteiger partial charge in [-0.25, -0.2) is 4.98 Å². The number of amides is 2. The molecule has 0 atom stereocenters. The number of pyridine rings is 1. The quantitative estimate of drug-likeness (QED) is 0.862. The molecule has 3 heterocycles. The maximum atomic E-state index is 12.6. The van der Waals surface area contributed by atoms with Crippen LogP contribution in [-0.4, -0.2) is 45.9 Å². The Morgan fingerprint density at radius 1 is 1.30 bits per heavy atom. The van der Waals surface area contributed by atoms with Gasteiger partial charge in [0.15, 0.2) is 0 Å². The van der Waals surface area contributed by atoms with Crippen molar-refractivity contribution in [3.63, 3.8) is 0 Å². The van der Waals surface area contributed by atoms with Crippen LogP contribution >= 0.6 is 0 Å². The van der Waals surface area contributed by atoms with Crippen molar-refractivity contribution in [3.05, 3.63) is 30.0 Å². The third-order valence-corrected chi connectivity index (χ3v) is 4.81. The average molecular weight is 378 g/mol. The van der Waals surface area contributed by atoms with E-state index < -0.39 is 12.1 Å². The summed E-state index contributed by atoms with van der Waals surface area (Å²) in [6.07, 6.45) is 0.519. The fourth-order valence-corrected chi connectivity index (χ4v) is 3.22. The van der Waals surface area contributed by atoms with Crippen molar-refractivity contribution in [3.8, 4) is 0 Å². The molecule has 27 heavy (non-hydrogen) atoms. The second-order valence-electron chi connectivity index (χ2n) is 6.79. The summed E-state index contributed by atoms with van der Waals surface area (Å²) < 4.78 is 37.8. The zero-order valence-corrected chi connectivity index (χ0v) is 14.3. The number of aromatic nitrogens is 2. The van der Waals surface area contributed by atoms with Crippen LogP contribution in [0.15, 0.2) is 24.4 Å². The fourth-order valence-electron chi connectivity index (χ4n) is 3.22. The van der Waals surface area contributed by atoms with Crippen molar-refractivity contribution in [2.45, 2.75) is 25.4 Å². The number of rotatable bonds is 3. The van der Waals surface area contributed by atoms with Gasteiger partial charge in [-0.1, -0.05) is 6.08 Å². The lowest BCUT2D eigenvalue weighted by molar-refractivity contribution is -0.185. The van der Waals surface area contributed by atoms with E-state index in [1.165, 1.54) is 0 Å². The van der Waals surface area contributed by atoms with Crippen LogP contribution in [0.3, 0.4) is 0 Å². The standard InChI is InChI=1S/C18H17F3N4O2/c19-18(20,21)17(27)25-7-4-10(5-8-25)13-9-14(24-16(26)11-1-2-11)23-15-12(13)3-6-22-15/h3-4,6,9,11H,1-2,5,7-8H2,(H2,22,23,24,26). The van der Waals surface area contributed by atoms with Crippen molar-refractivity contribution in [2.75, 3.05) is 18.4 Å². The lowest BCUT2D eigenvalue weighted by Crippen LogP contribution is -2.43. The minimum atomic E-state index is -4.86. The number of fused-ring (bicyclic) bond motifs is 1. The molecule has 0 unspecified atom stereocenters. The van der Waals surface area contributed by atoms with Gasteiger partial charge >= 0.3 is 12.1 Å². The topological polar surface area (TPSA) is 78.1 Å². The molecular formula is C18H17F3N4O2. The van der Waals surface area contributed by atoms with Gasteiger partial charge in [0.2, 0.25) is 5.91 Å². The molecule has 2 N–H and O–H groups in total. The normalized spacial score (nSPS) is 17.7. The summed E-state index contributed by atoms with van der Waals surface area (Å²) in [6.45, 7) is -0.117. The molecule has 6 nitrogen and oxygen atoms in total. The van der Waals surface area contributed by atoms with E-state index in [1.807, 2.05) is 6.07 Å². The van der Waals surface area contributed by atoms with Gasteiger partial charge < -0.3 is 15.2 Å². The van der Waals surface area contributed by atoms with Gasteiger partial charge in [0.05, 0.1) is 0 Å². The van der Waals surface area contributed by atoms with E-state index in [-0.39, 0.29) is 24.9 Å². The Morgan fingerprint density at radius 2 is 2.07 bits per heavy atom. The number of H-pyrrole nitrogens is 1. The number of hydrogen-bond acceptors (Lipinski definition) is 3. The van der Waals surface area contributed by atoms with Gasteiger partial charge in [0.25, 0.3) is 0 Å². The first-order chi connectivity index (χ1) is 12.8. The molecule has 2 aromatic heterocycles. The highest BCUT2D eigenvalue weighted by Crippen LogP contribution is 2.33. The van der Waals surface area contributed by atoms with Crippen molar-refractivity contribution < 1.29 is 22.8 Å². The molecule has 0 radical (unpaired) electrons. The number of halogens is 3. The molecule has 0 aromatic carbocycles. The largest absolute Gasteiger partial charge is 0.471 e. The maximum Gasteiger partial charge on any atom is 0.471 e. The van der Waals surface area contributed by atoms with E-state index in [9.17, 15) is 22.8 Å². The Kier molecular flexibility index (Phi) is 4.16. The predicted molar refractivity (Wildman–Crippen MR) is 92.7 cm³/mol. The zero-order valence-electron chi connectivity index (χ0n) is 14.3. The summed E-state index contributed by atoms with van der Waals surface area (Å²) in [7, 11) is 0. The van der Waals surface area contributed by atoms with Crippen LogP contribution in [0.25, 0.3) is 16.6 Å². The van der Waals surface area contributed by atoms with E-state index in [4.69, 9.17) is 0 Å². The number of alkyl halides is 3. The number of carbonyl (C=O) groups is 2. The molecule has 142 valence electrons. The van der Waals surface area contributed by atoms with Crippen LogP contribution in [0.1, 0.15) is 24.8 Å². The van der Waals surface area contributed by atoms with Crippen LogP contribution in [0.2, 0.25) is 0 Å². The molecule has 1 aliphatic carbocycles. The van der Waals surface area contributed by atoms with Crippen molar-refractivity contribution >= 4 is 34.2 Å². The van der Waals surface area contributed by atoms with Gasteiger partial charge in [0.1, 0.15) is 11.5 Å². The third kappa shape index (κ3) is 3.54. The Labute approximate surface area is 152 Å². The van der Waals surface area contributed by atoms with E-state index in [0.29, 0.717) is 17.9 Å². The Hall–Kier alpha value is -2.84. The van der Waals surface area contributed by atoms with Crippen LogP contribution < -0.4 is 5.32 Å². The van der Waals surface area contributed by atoms with Crippen molar-refractivity contribution in [1.29, 1.82) is 0 Å². The smallest absolute Gasteiger partial charge is 0.346 e. The first-order valence-corrected chi connectivity index (χ1v) is 8.67. The predicted octanol–water partition coefficient (Wildman–Crippen LogP) is 3.09. The molecule has 1 fully saturated rings. The van der Waals surface area contributed by atoms with Gasteiger partial charge in [-0.15, -0.1) is 0 Å². The number of aromatic amines is 1. The van der Waals surface area contributed by atoms with Crippen molar-refractivity contribution in [1.82, 2.24) is 14.9 Å². The SMILES string of the molecule is O=C(Nc1cc(C2=CCN(C(=O)C(F)(F)F)CC2)c2cc[nH]c2n1)C1CC1. The third-order valence-electron chi connectivity index (χ3n) is 4.81. The number of nitrogens with one attached hydrogen (secondary N) is 2. The van der Waals surface area contributed by atoms with Gasteiger partial charge in [-0.2, -0.15) is 13.2 Å². The molecule has 2 aliphatic rings. The van der Waals surface area contributed by atoms with Crippen molar-refractivity contribution in [2.24, 2.45) is 5.92 Å². The summed E-state index contributed by atoms with van der Waals surface area (Å²) in [5, 5.41) is 3.62. The molecule has 2 aromatic rings. The summed E-state index contributed by atoms with van der Waals surface area (Å²) in [5.74, 6) is -1.45. The first-order valence-electron chi connectivity index (χ1n) is 8.67. The second-order valence-corrected chi connectivity index (χ2v) is 6.79. The Balaban J connectivity index is 1.61. The zero-order chi connectivity index (χ0) is 19.2. The van der Waals surface area contributed by atoms with E-state index in [0.717, 1.165) is 34.3 Å². The highest BCUT2D eigenvalue weighted by Gasteiger charge is 2.42.